The Kier molecular flexibility index (Phi) is 4.69. The Labute approximate surface area is 186 Å². The van der Waals surface area contributed by atoms with Gasteiger partial charge in [0.05, 0.1) is 22.5 Å². The van der Waals surface area contributed by atoms with Crippen molar-refractivity contribution in [3.05, 3.63) is 72.4 Å². The van der Waals surface area contributed by atoms with Gasteiger partial charge in [-0.2, -0.15) is 5.10 Å². The van der Waals surface area contributed by atoms with E-state index in [4.69, 9.17) is 10.1 Å². The van der Waals surface area contributed by atoms with Crippen LogP contribution in [0.25, 0.3) is 33.3 Å². The zero-order valence-electron chi connectivity index (χ0n) is 18.1. The lowest BCUT2D eigenvalue weighted by Crippen LogP contribution is -2.31. The maximum atomic E-state index is 5.05. The van der Waals surface area contributed by atoms with E-state index in [1.807, 2.05) is 12.3 Å². The van der Waals surface area contributed by atoms with Crippen molar-refractivity contribution in [2.45, 2.75) is 25.3 Å². The van der Waals surface area contributed by atoms with Crippen LogP contribution in [-0.4, -0.2) is 54.8 Å². The fourth-order valence-electron chi connectivity index (χ4n) is 4.67. The highest BCUT2D eigenvalue weighted by atomic mass is 15.3. The molecule has 1 fully saturated rings. The zero-order chi connectivity index (χ0) is 21.5. The number of aromatic amines is 1. The molecule has 1 aliphatic rings. The van der Waals surface area contributed by atoms with Crippen molar-refractivity contribution in [2.24, 2.45) is 0 Å². The molecule has 4 heterocycles. The van der Waals surface area contributed by atoms with Crippen molar-refractivity contribution < 1.29 is 0 Å². The molecule has 0 bridgehead atoms. The third-order valence-corrected chi connectivity index (χ3v) is 6.42. The van der Waals surface area contributed by atoms with E-state index in [9.17, 15) is 0 Å². The van der Waals surface area contributed by atoms with Crippen LogP contribution in [0, 0.1) is 0 Å². The summed E-state index contributed by atoms with van der Waals surface area (Å²) in [6, 6.07) is 17.1. The maximum absolute atomic E-state index is 5.05. The molecule has 1 aliphatic heterocycles. The summed E-state index contributed by atoms with van der Waals surface area (Å²) in [6.07, 6.45) is 6.45. The van der Waals surface area contributed by atoms with Gasteiger partial charge in [0, 0.05) is 18.2 Å². The van der Waals surface area contributed by atoms with Crippen molar-refractivity contribution >= 4 is 22.1 Å². The SMILES string of the molecule is CN1CCC(n2nc(-c3ccc4nc(Cc5ccccc5)[nH]c4c3)c3cncnc32)CC1. The van der Waals surface area contributed by atoms with Crippen LogP contribution in [0.4, 0.5) is 0 Å². The second-order valence-corrected chi connectivity index (χ2v) is 8.67. The number of H-pyrrole nitrogens is 1. The van der Waals surface area contributed by atoms with Gasteiger partial charge < -0.3 is 9.88 Å². The molecule has 0 amide bonds. The molecule has 1 saturated heterocycles. The van der Waals surface area contributed by atoms with Gasteiger partial charge in [0.15, 0.2) is 5.65 Å². The molecule has 0 atom stereocenters. The molecule has 7 heteroatoms. The van der Waals surface area contributed by atoms with Crippen molar-refractivity contribution in [1.29, 1.82) is 0 Å². The van der Waals surface area contributed by atoms with Crippen LogP contribution in [0.5, 0.6) is 0 Å². The van der Waals surface area contributed by atoms with Crippen LogP contribution < -0.4 is 0 Å². The Balaban J connectivity index is 1.38. The molecule has 0 spiro atoms. The number of aromatic nitrogens is 6. The first-order valence-electron chi connectivity index (χ1n) is 11.1. The van der Waals surface area contributed by atoms with Gasteiger partial charge in [0.2, 0.25) is 0 Å². The second kappa shape index (κ2) is 7.84. The number of fused-ring (bicyclic) bond motifs is 2. The number of benzene rings is 2. The fourth-order valence-corrected chi connectivity index (χ4v) is 4.67. The lowest BCUT2D eigenvalue weighted by Gasteiger charge is -2.29. The lowest BCUT2D eigenvalue weighted by molar-refractivity contribution is 0.215. The first-order chi connectivity index (χ1) is 15.7. The highest BCUT2D eigenvalue weighted by molar-refractivity contribution is 5.93. The minimum absolute atomic E-state index is 0.366. The van der Waals surface area contributed by atoms with Crippen LogP contribution in [0.3, 0.4) is 0 Å². The molecule has 0 unspecified atom stereocenters. The van der Waals surface area contributed by atoms with E-state index in [2.05, 4.69) is 74.0 Å². The monoisotopic (exact) mass is 423 g/mol. The largest absolute Gasteiger partial charge is 0.342 e. The van der Waals surface area contributed by atoms with Gasteiger partial charge in [-0.25, -0.2) is 19.6 Å². The van der Waals surface area contributed by atoms with Crippen LogP contribution in [0.1, 0.15) is 30.3 Å². The van der Waals surface area contributed by atoms with Gasteiger partial charge in [-0.3, -0.25) is 0 Å². The quantitative estimate of drug-likeness (QED) is 0.468. The Morgan fingerprint density at radius 1 is 1.06 bits per heavy atom. The predicted molar refractivity (Wildman–Crippen MR) is 125 cm³/mol. The highest BCUT2D eigenvalue weighted by Crippen LogP contribution is 2.32. The number of hydrogen-bond acceptors (Lipinski definition) is 5. The number of likely N-dealkylation sites (tertiary alicyclic amines) is 1. The molecule has 160 valence electrons. The molecular weight excluding hydrogens is 398 g/mol. The van der Waals surface area contributed by atoms with Gasteiger partial charge in [-0.1, -0.05) is 36.4 Å². The highest BCUT2D eigenvalue weighted by Gasteiger charge is 2.23. The van der Waals surface area contributed by atoms with Crippen molar-refractivity contribution in [3.63, 3.8) is 0 Å². The average Bonchev–Trinajstić information content (AvgIpc) is 3.41. The van der Waals surface area contributed by atoms with Gasteiger partial charge in [-0.05, 0) is 50.7 Å². The predicted octanol–water partition coefficient (Wildman–Crippen LogP) is 4.23. The first kappa shape index (κ1) is 19.1. The molecular formula is C25H25N7. The normalized spacial score (nSPS) is 15.7. The second-order valence-electron chi connectivity index (χ2n) is 8.67. The number of hydrogen-bond donors (Lipinski definition) is 1. The maximum Gasteiger partial charge on any atom is 0.162 e. The average molecular weight is 424 g/mol. The third-order valence-electron chi connectivity index (χ3n) is 6.42. The summed E-state index contributed by atoms with van der Waals surface area (Å²) >= 11 is 0. The zero-order valence-corrected chi connectivity index (χ0v) is 18.1. The topological polar surface area (TPSA) is 75.5 Å². The summed E-state index contributed by atoms with van der Waals surface area (Å²) in [6.45, 7) is 2.16. The Morgan fingerprint density at radius 2 is 1.91 bits per heavy atom. The minimum atomic E-state index is 0.366. The van der Waals surface area contributed by atoms with Crippen LogP contribution in [0.15, 0.2) is 61.1 Å². The van der Waals surface area contributed by atoms with Crippen LogP contribution in [-0.2, 0) is 6.42 Å². The molecule has 0 aliphatic carbocycles. The van der Waals surface area contributed by atoms with Crippen molar-refractivity contribution in [2.75, 3.05) is 20.1 Å². The summed E-state index contributed by atoms with van der Waals surface area (Å²) in [5, 5.41) is 6.05. The van der Waals surface area contributed by atoms with E-state index in [0.29, 0.717) is 6.04 Å². The van der Waals surface area contributed by atoms with Gasteiger partial charge in [0.25, 0.3) is 0 Å². The third kappa shape index (κ3) is 3.44. The molecule has 1 N–H and O–H groups in total. The number of nitrogens with zero attached hydrogens (tertiary/aromatic N) is 6. The summed E-state index contributed by atoms with van der Waals surface area (Å²) in [5.41, 5.74) is 6.13. The van der Waals surface area contributed by atoms with Gasteiger partial charge >= 0.3 is 0 Å². The molecule has 0 saturated carbocycles. The lowest BCUT2D eigenvalue weighted by atomic mass is 10.1. The molecule has 7 nitrogen and oxygen atoms in total. The van der Waals surface area contributed by atoms with E-state index >= 15 is 0 Å². The van der Waals surface area contributed by atoms with Crippen LogP contribution >= 0.6 is 0 Å². The summed E-state index contributed by atoms with van der Waals surface area (Å²) in [4.78, 5) is 19.5. The molecule has 2 aromatic carbocycles. The fraction of sp³-hybridized carbons (Fsp3) is 0.280. The molecule has 5 aromatic rings. The number of piperidine rings is 1. The van der Waals surface area contributed by atoms with Crippen molar-refractivity contribution in [1.82, 2.24) is 34.6 Å². The smallest absolute Gasteiger partial charge is 0.162 e. The molecule has 6 rings (SSSR count). The number of nitrogens with one attached hydrogen (secondary N) is 1. The van der Waals surface area contributed by atoms with E-state index in [1.165, 1.54) is 5.56 Å². The standard InChI is InChI=1S/C25H25N7/c1-31-11-9-19(10-12-31)32-25-20(15-26-16-27-25)24(30-32)18-7-8-21-22(14-18)29-23(28-21)13-17-5-3-2-4-6-17/h2-8,14-16,19H,9-13H2,1H3,(H,28,29). The minimum Gasteiger partial charge on any atom is -0.342 e. The molecule has 3 aromatic heterocycles. The van der Waals surface area contributed by atoms with Crippen LogP contribution in [0.2, 0.25) is 0 Å². The van der Waals surface area contributed by atoms with E-state index in [0.717, 1.165) is 71.5 Å². The Morgan fingerprint density at radius 3 is 2.75 bits per heavy atom. The number of rotatable bonds is 4. The van der Waals surface area contributed by atoms with E-state index in [1.54, 1.807) is 6.33 Å². The first-order valence-corrected chi connectivity index (χ1v) is 11.1. The molecule has 0 radical (unpaired) electrons. The van der Waals surface area contributed by atoms with E-state index in [-0.39, 0.29) is 0 Å². The number of imidazole rings is 1. The van der Waals surface area contributed by atoms with Gasteiger partial charge in [-0.15, -0.1) is 0 Å². The summed E-state index contributed by atoms with van der Waals surface area (Å²) in [5.74, 6) is 0.966. The Bertz CT molecular complexity index is 1380. The molecule has 32 heavy (non-hydrogen) atoms. The Hall–Kier alpha value is -3.58. The summed E-state index contributed by atoms with van der Waals surface area (Å²) in [7, 11) is 2.18. The van der Waals surface area contributed by atoms with E-state index < -0.39 is 0 Å². The van der Waals surface area contributed by atoms with Gasteiger partial charge in [0.1, 0.15) is 17.8 Å². The van der Waals surface area contributed by atoms with Crippen molar-refractivity contribution in [3.8, 4) is 11.3 Å². The summed E-state index contributed by atoms with van der Waals surface area (Å²) < 4.78 is 2.12.